The molecule has 0 spiro atoms. The van der Waals surface area contributed by atoms with E-state index in [-0.39, 0.29) is 18.4 Å². The van der Waals surface area contributed by atoms with Crippen LogP contribution in [-0.4, -0.2) is 74.5 Å². The summed E-state index contributed by atoms with van der Waals surface area (Å²) < 4.78 is 5.24. The maximum absolute atomic E-state index is 12.6. The molecule has 1 fully saturated rings. The molecule has 0 bridgehead atoms. The largest absolute Gasteiger partial charge is 0.495 e. The van der Waals surface area contributed by atoms with Crippen molar-refractivity contribution in [3.8, 4) is 5.75 Å². The maximum Gasteiger partial charge on any atom is 0.244 e. The predicted molar refractivity (Wildman–Crippen MR) is 97.8 cm³/mol. The van der Waals surface area contributed by atoms with E-state index in [9.17, 15) is 9.59 Å². The second-order valence-corrected chi connectivity index (χ2v) is 6.09. The number of methoxy groups -OCH3 is 1. The molecule has 2 N–H and O–H groups in total. The zero-order valence-electron chi connectivity index (χ0n) is 15.1. The van der Waals surface area contributed by atoms with Crippen molar-refractivity contribution in [2.45, 2.75) is 13.3 Å². The molecule has 2 rings (SSSR count). The Balaban J connectivity index is 1.92. The molecule has 138 valence electrons. The number of hydrogen-bond donors (Lipinski definition) is 2. The van der Waals surface area contributed by atoms with Crippen LogP contribution in [0.2, 0.25) is 0 Å². The van der Waals surface area contributed by atoms with Crippen molar-refractivity contribution in [1.82, 2.24) is 15.1 Å². The normalized spacial score (nSPS) is 14.8. The van der Waals surface area contributed by atoms with E-state index in [0.29, 0.717) is 24.5 Å². The third-order valence-electron chi connectivity index (χ3n) is 4.13. The Bertz CT molecular complexity index is 573. The fraction of sp³-hybridized carbons (Fsp3) is 0.556. The van der Waals surface area contributed by atoms with Crippen LogP contribution in [0.3, 0.4) is 0 Å². The molecule has 1 aromatic rings. The molecule has 1 saturated heterocycles. The first kappa shape index (κ1) is 19.2. The van der Waals surface area contributed by atoms with Crippen LogP contribution < -0.4 is 15.4 Å². The Hall–Kier alpha value is -2.12. The lowest BCUT2D eigenvalue weighted by Gasteiger charge is -2.29. The number of carbonyl (C=O) groups is 2. The van der Waals surface area contributed by atoms with E-state index < -0.39 is 0 Å². The summed E-state index contributed by atoms with van der Waals surface area (Å²) in [6, 6.07) is 7.24. The lowest BCUT2D eigenvalue weighted by Crippen LogP contribution is -2.49. The summed E-state index contributed by atoms with van der Waals surface area (Å²) in [5.41, 5.74) is 0.612. The molecule has 0 radical (unpaired) electrons. The maximum atomic E-state index is 12.6. The van der Waals surface area contributed by atoms with E-state index in [1.54, 1.807) is 24.1 Å². The van der Waals surface area contributed by atoms with Crippen molar-refractivity contribution in [1.29, 1.82) is 0 Å². The fourth-order valence-electron chi connectivity index (χ4n) is 2.83. The Kier molecular flexibility index (Phi) is 7.69. The van der Waals surface area contributed by atoms with Crippen LogP contribution in [0.15, 0.2) is 24.3 Å². The number of anilines is 1. The van der Waals surface area contributed by atoms with E-state index in [0.717, 1.165) is 32.6 Å². The van der Waals surface area contributed by atoms with Gasteiger partial charge in [0.1, 0.15) is 5.75 Å². The first-order valence-corrected chi connectivity index (χ1v) is 8.77. The van der Waals surface area contributed by atoms with Crippen LogP contribution in [0, 0.1) is 0 Å². The van der Waals surface area contributed by atoms with Gasteiger partial charge < -0.3 is 20.3 Å². The summed E-state index contributed by atoms with van der Waals surface area (Å²) >= 11 is 0. The molecule has 0 atom stereocenters. The molecule has 1 aromatic carbocycles. The van der Waals surface area contributed by atoms with Crippen LogP contribution in [0.25, 0.3) is 0 Å². The highest BCUT2D eigenvalue weighted by Crippen LogP contribution is 2.22. The molecule has 1 aliphatic rings. The van der Waals surface area contributed by atoms with E-state index in [1.165, 1.54) is 0 Å². The van der Waals surface area contributed by atoms with E-state index in [2.05, 4.69) is 15.5 Å². The minimum atomic E-state index is -0.216. The monoisotopic (exact) mass is 348 g/mol. The molecule has 25 heavy (non-hydrogen) atoms. The fourth-order valence-corrected chi connectivity index (χ4v) is 2.83. The molecule has 1 aliphatic heterocycles. The van der Waals surface area contributed by atoms with Gasteiger partial charge in [-0.3, -0.25) is 14.5 Å². The van der Waals surface area contributed by atoms with Gasteiger partial charge in [0.25, 0.3) is 0 Å². The van der Waals surface area contributed by atoms with Gasteiger partial charge in [-0.1, -0.05) is 19.1 Å². The van der Waals surface area contributed by atoms with Crippen LogP contribution in [0.4, 0.5) is 5.69 Å². The Morgan fingerprint density at radius 2 is 2.00 bits per heavy atom. The summed E-state index contributed by atoms with van der Waals surface area (Å²) in [5.74, 6) is 0.385. The van der Waals surface area contributed by atoms with Crippen molar-refractivity contribution < 1.29 is 14.3 Å². The number of benzene rings is 1. The number of para-hydroxylation sites is 2. The summed E-state index contributed by atoms with van der Waals surface area (Å²) in [4.78, 5) is 28.7. The molecular formula is C18H28N4O3. The smallest absolute Gasteiger partial charge is 0.244 e. The first-order chi connectivity index (χ1) is 12.1. The van der Waals surface area contributed by atoms with Gasteiger partial charge in [-0.2, -0.15) is 0 Å². The highest BCUT2D eigenvalue weighted by molar-refractivity contribution is 5.95. The lowest BCUT2D eigenvalue weighted by atomic mass is 10.3. The van der Waals surface area contributed by atoms with E-state index >= 15 is 0 Å². The predicted octanol–water partition coefficient (Wildman–Crippen LogP) is 0.778. The van der Waals surface area contributed by atoms with E-state index in [4.69, 9.17) is 4.74 Å². The third-order valence-corrected chi connectivity index (χ3v) is 4.13. The zero-order valence-corrected chi connectivity index (χ0v) is 15.1. The molecule has 0 aromatic heterocycles. The van der Waals surface area contributed by atoms with Crippen LogP contribution >= 0.6 is 0 Å². The number of piperazine rings is 1. The molecule has 0 aliphatic carbocycles. The van der Waals surface area contributed by atoms with Gasteiger partial charge in [0.15, 0.2) is 0 Å². The van der Waals surface area contributed by atoms with Crippen LogP contribution in [-0.2, 0) is 9.59 Å². The minimum Gasteiger partial charge on any atom is -0.495 e. The lowest BCUT2D eigenvalue weighted by molar-refractivity contribution is -0.135. The second kappa shape index (κ2) is 10.0. The Labute approximate surface area is 149 Å². The summed E-state index contributed by atoms with van der Waals surface area (Å²) in [7, 11) is 1.56. The molecular weight excluding hydrogens is 320 g/mol. The van der Waals surface area contributed by atoms with Crippen LogP contribution in [0.1, 0.15) is 13.3 Å². The van der Waals surface area contributed by atoms with Crippen molar-refractivity contribution in [2.24, 2.45) is 0 Å². The van der Waals surface area contributed by atoms with Gasteiger partial charge in [-0.15, -0.1) is 0 Å². The number of carbonyl (C=O) groups excluding carboxylic acids is 2. The zero-order chi connectivity index (χ0) is 18.1. The molecule has 0 unspecified atom stereocenters. The molecule has 1 heterocycles. The van der Waals surface area contributed by atoms with Crippen molar-refractivity contribution in [2.75, 3.05) is 58.2 Å². The van der Waals surface area contributed by atoms with Crippen molar-refractivity contribution in [3.63, 3.8) is 0 Å². The van der Waals surface area contributed by atoms with Crippen LogP contribution in [0.5, 0.6) is 5.75 Å². The average molecular weight is 348 g/mol. The van der Waals surface area contributed by atoms with Gasteiger partial charge in [0.05, 0.1) is 25.9 Å². The quantitative estimate of drug-likeness (QED) is 0.726. The summed E-state index contributed by atoms with van der Waals surface area (Å²) in [6.45, 7) is 6.51. The average Bonchev–Trinajstić information content (AvgIpc) is 2.62. The number of rotatable bonds is 8. The van der Waals surface area contributed by atoms with E-state index in [1.807, 2.05) is 19.1 Å². The van der Waals surface area contributed by atoms with Gasteiger partial charge in [0, 0.05) is 32.7 Å². The van der Waals surface area contributed by atoms with Gasteiger partial charge in [-0.05, 0) is 18.6 Å². The molecule has 0 saturated carbocycles. The number of nitrogens with one attached hydrogen (secondary N) is 2. The highest BCUT2D eigenvalue weighted by atomic mass is 16.5. The topological polar surface area (TPSA) is 73.9 Å². The van der Waals surface area contributed by atoms with Crippen molar-refractivity contribution in [3.05, 3.63) is 24.3 Å². The molecule has 7 heteroatoms. The van der Waals surface area contributed by atoms with Gasteiger partial charge in [-0.25, -0.2) is 0 Å². The SMILES string of the molecule is CCCN(CC(=O)Nc1ccccc1OC)C(=O)CN1CCNCC1. The number of ether oxygens (including phenoxy) is 1. The highest BCUT2D eigenvalue weighted by Gasteiger charge is 2.20. The number of nitrogens with zero attached hydrogens (tertiary/aromatic N) is 2. The van der Waals surface area contributed by atoms with Gasteiger partial charge >= 0.3 is 0 Å². The second-order valence-electron chi connectivity index (χ2n) is 6.09. The summed E-state index contributed by atoms with van der Waals surface area (Å²) in [6.07, 6.45) is 0.815. The number of amides is 2. The minimum absolute atomic E-state index is 0.000994. The molecule has 2 amide bonds. The standard InChI is InChI=1S/C18H28N4O3/c1-3-10-22(18(24)14-21-11-8-19-9-12-21)13-17(23)20-15-6-4-5-7-16(15)25-2/h4-7,19H,3,8-14H2,1-2H3,(H,20,23). The summed E-state index contributed by atoms with van der Waals surface area (Å²) in [5, 5.41) is 6.10. The third kappa shape index (κ3) is 6.03. The first-order valence-electron chi connectivity index (χ1n) is 8.77. The molecule has 7 nitrogen and oxygen atoms in total. The van der Waals surface area contributed by atoms with Crippen molar-refractivity contribution >= 4 is 17.5 Å². The number of hydrogen-bond acceptors (Lipinski definition) is 5. The Morgan fingerprint density at radius 3 is 2.68 bits per heavy atom. The Morgan fingerprint density at radius 1 is 1.28 bits per heavy atom. The van der Waals surface area contributed by atoms with Gasteiger partial charge in [0.2, 0.25) is 11.8 Å².